The highest BCUT2D eigenvalue weighted by Gasteiger charge is 2.18. The smallest absolute Gasteiger partial charge is 0.127 e. The monoisotopic (exact) mass is 211 g/mol. The van der Waals surface area contributed by atoms with Gasteiger partial charge in [-0.2, -0.15) is 0 Å². The maximum absolute atomic E-state index is 6.05. The van der Waals surface area contributed by atoms with E-state index < -0.39 is 0 Å². The van der Waals surface area contributed by atoms with Crippen LogP contribution in [0.5, 0.6) is 5.75 Å². The van der Waals surface area contributed by atoms with Crippen LogP contribution >= 0.6 is 11.6 Å². The molecule has 0 aromatic heterocycles. The fourth-order valence-electron chi connectivity index (χ4n) is 1.86. The molecule has 2 N–H and O–H groups in total. The zero-order valence-corrected chi connectivity index (χ0v) is 8.97. The fourth-order valence-corrected chi connectivity index (χ4v) is 2.14. The predicted octanol–water partition coefficient (Wildman–Crippen LogP) is 2.82. The van der Waals surface area contributed by atoms with Crippen LogP contribution in [0.25, 0.3) is 0 Å². The number of hydrogen-bond acceptors (Lipinski definition) is 2. The summed E-state index contributed by atoms with van der Waals surface area (Å²) < 4.78 is 5.67. The Bertz CT molecular complexity index is 351. The molecule has 1 aliphatic rings. The summed E-state index contributed by atoms with van der Waals surface area (Å²) in [5, 5.41) is 0.738. The van der Waals surface area contributed by atoms with Crippen molar-refractivity contribution in [2.45, 2.75) is 25.8 Å². The van der Waals surface area contributed by atoms with Gasteiger partial charge < -0.3 is 10.5 Å². The summed E-state index contributed by atoms with van der Waals surface area (Å²) >= 11 is 5.99. The van der Waals surface area contributed by atoms with Crippen LogP contribution in [0.2, 0.25) is 5.02 Å². The maximum Gasteiger partial charge on any atom is 0.127 e. The molecule has 0 radical (unpaired) electrons. The van der Waals surface area contributed by atoms with E-state index in [1.165, 1.54) is 0 Å². The molecular formula is C11H14ClNO. The second kappa shape index (κ2) is 3.79. The highest BCUT2D eigenvalue weighted by atomic mass is 35.5. The molecule has 0 bridgehead atoms. The van der Waals surface area contributed by atoms with Crippen LogP contribution in [0.3, 0.4) is 0 Å². The number of nitrogens with two attached hydrogens (primary N) is 1. The van der Waals surface area contributed by atoms with Crippen LogP contribution in [-0.4, -0.2) is 6.61 Å². The van der Waals surface area contributed by atoms with Gasteiger partial charge in [-0.05, 0) is 37.5 Å². The Morgan fingerprint density at radius 2 is 2.29 bits per heavy atom. The summed E-state index contributed by atoms with van der Waals surface area (Å²) in [6.45, 7) is 2.76. The Balaban J connectivity index is 2.53. The first-order valence-corrected chi connectivity index (χ1v) is 5.24. The molecule has 3 heteroatoms. The zero-order valence-electron chi connectivity index (χ0n) is 8.22. The highest BCUT2D eigenvalue weighted by Crippen LogP contribution is 2.35. The molecule has 0 amide bonds. The van der Waals surface area contributed by atoms with Crippen molar-refractivity contribution in [3.8, 4) is 5.75 Å². The van der Waals surface area contributed by atoms with E-state index in [0.29, 0.717) is 0 Å². The number of ether oxygens (including phenoxy) is 1. The van der Waals surface area contributed by atoms with Crippen LogP contribution in [0.1, 0.15) is 30.0 Å². The van der Waals surface area contributed by atoms with Crippen molar-refractivity contribution in [3.05, 3.63) is 28.3 Å². The average molecular weight is 212 g/mol. The second-order valence-electron chi connectivity index (χ2n) is 3.74. The van der Waals surface area contributed by atoms with Crippen molar-refractivity contribution < 1.29 is 4.74 Å². The summed E-state index contributed by atoms with van der Waals surface area (Å²) in [5.74, 6) is 0.930. The SMILES string of the molecule is Cc1cc(Cl)cc2c1OCCC[C@H]2N. The largest absolute Gasteiger partial charge is 0.493 e. The topological polar surface area (TPSA) is 35.2 Å². The summed E-state index contributed by atoms with van der Waals surface area (Å²) in [4.78, 5) is 0. The van der Waals surface area contributed by atoms with Crippen molar-refractivity contribution >= 4 is 11.6 Å². The maximum atomic E-state index is 6.05. The first kappa shape index (κ1) is 9.81. The van der Waals surface area contributed by atoms with Crippen molar-refractivity contribution in [3.63, 3.8) is 0 Å². The third-order valence-corrected chi connectivity index (χ3v) is 2.79. The number of rotatable bonds is 0. The van der Waals surface area contributed by atoms with Crippen LogP contribution in [-0.2, 0) is 0 Å². The molecule has 2 rings (SSSR count). The zero-order chi connectivity index (χ0) is 10.1. The highest BCUT2D eigenvalue weighted by molar-refractivity contribution is 6.30. The Labute approximate surface area is 89.0 Å². The number of aryl methyl sites for hydroxylation is 1. The van der Waals surface area contributed by atoms with Crippen LogP contribution < -0.4 is 10.5 Å². The summed E-state index contributed by atoms with van der Waals surface area (Å²) in [6.07, 6.45) is 1.97. The van der Waals surface area contributed by atoms with E-state index in [2.05, 4.69) is 0 Å². The molecule has 0 saturated carbocycles. The van der Waals surface area contributed by atoms with Crippen molar-refractivity contribution in [1.82, 2.24) is 0 Å². The normalized spacial score (nSPS) is 20.9. The molecule has 1 atom stereocenters. The molecule has 1 aliphatic heterocycles. The number of hydrogen-bond donors (Lipinski definition) is 1. The van der Waals surface area contributed by atoms with Gasteiger partial charge in [0.05, 0.1) is 6.61 Å². The van der Waals surface area contributed by atoms with Gasteiger partial charge in [0.2, 0.25) is 0 Å². The molecule has 2 nitrogen and oxygen atoms in total. The number of benzene rings is 1. The third kappa shape index (κ3) is 1.72. The van der Waals surface area contributed by atoms with Gasteiger partial charge in [0.1, 0.15) is 5.75 Å². The Morgan fingerprint density at radius 3 is 3.07 bits per heavy atom. The fraction of sp³-hybridized carbons (Fsp3) is 0.455. The molecule has 1 aromatic carbocycles. The van der Waals surface area contributed by atoms with Crippen LogP contribution in [0.15, 0.2) is 12.1 Å². The van der Waals surface area contributed by atoms with Gasteiger partial charge in [-0.3, -0.25) is 0 Å². The Hall–Kier alpha value is -0.730. The lowest BCUT2D eigenvalue weighted by Crippen LogP contribution is -2.09. The Kier molecular flexibility index (Phi) is 2.66. The van der Waals surface area contributed by atoms with Crippen molar-refractivity contribution in [2.24, 2.45) is 5.73 Å². The molecule has 0 aliphatic carbocycles. The summed E-state index contributed by atoms with van der Waals surface area (Å²) in [5.41, 5.74) is 8.17. The van der Waals surface area contributed by atoms with Gasteiger partial charge in [0.25, 0.3) is 0 Å². The van der Waals surface area contributed by atoms with Gasteiger partial charge in [0.15, 0.2) is 0 Å². The third-order valence-electron chi connectivity index (χ3n) is 2.57. The minimum atomic E-state index is 0.0601. The first-order valence-electron chi connectivity index (χ1n) is 4.87. The van der Waals surface area contributed by atoms with E-state index in [1.54, 1.807) is 0 Å². The van der Waals surface area contributed by atoms with Gasteiger partial charge in [-0.15, -0.1) is 0 Å². The van der Waals surface area contributed by atoms with Crippen LogP contribution in [0.4, 0.5) is 0 Å². The number of halogens is 1. The lowest BCUT2D eigenvalue weighted by atomic mass is 10.0. The minimum Gasteiger partial charge on any atom is -0.493 e. The summed E-state index contributed by atoms with van der Waals surface area (Å²) in [7, 11) is 0. The molecule has 1 aromatic rings. The number of fused-ring (bicyclic) bond motifs is 1. The molecule has 0 unspecified atom stereocenters. The van der Waals surface area contributed by atoms with E-state index in [1.807, 2.05) is 19.1 Å². The van der Waals surface area contributed by atoms with Crippen molar-refractivity contribution in [1.29, 1.82) is 0 Å². The van der Waals surface area contributed by atoms with E-state index >= 15 is 0 Å². The predicted molar refractivity (Wildman–Crippen MR) is 57.8 cm³/mol. The van der Waals surface area contributed by atoms with E-state index in [-0.39, 0.29) is 6.04 Å². The summed E-state index contributed by atoms with van der Waals surface area (Å²) in [6, 6.07) is 3.89. The standard InChI is InChI=1S/C11H14ClNO/c1-7-5-8(12)6-9-10(13)3-2-4-14-11(7)9/h5-6,10H,2-4,13H2,1H3/t10-/m1/s1. The molecule has 0 spiro atoms. The average Bonchev–Trinajstić information content (AvgIpc) is 2.29. The van der Waals surface area contributed by atoms with E-state index in [0.717, 1.165) is 41.3 Å². The first-order chi connectivity index (χ1) is 6.68. The van der Waals surface area contributed by atoms with Gasteiger partial charge in [-0.1, -0.05) is 11.6 Å². The molecule has 76 valence electrons. The molecule has 1 heterocycles. The quantitative estimate of drug-likeness (QED) is 0.716. The van der Waals surface area contributed by atoms with Crippen LogP contribution in [0, 0.1) is 6.92 Å². The van der Waals surface area contributed by atoms with E-state index in [4.69, 9.17) is 22.1 Å². The lowest BCUT2D eigenvalue weighted by molar-refractivity contribution is 0.314. The van der Waals surface area contributed by atoms with Crippen molar-refractivity contribution in [2.75, 3.05) is 6.61 Å². The van der Waals surface area contributed by atoms with Gasteiger partial charge in [0, 0.05) is 16.6 Å². The second-order valence-corrected chi connectivity index (χ2v) is 4.17. The molecular weight excluding hydrogens is 198 g/mol. The van der Waals surface area contributed by atoms with E-state index in [9.17, 15) is 0 Å². The molecule has 14 heavy (non-hydrogen) atoms. The Morgan fingerprint density at radius 1 is 1.50 bits per heavy atom. The van der Waals surface area contributed by atoms with Gasteiger partial charge >= 0.3 is 0 Å². The lowest BCUT2D eigenvalue weighted by Gasteiger charge is -2.14. The minimum absolute atomic E-state index is 0.0601. The van der Waals surface area contributed by atoms with Gasteiger partial charge in [-0.25, -0.2) is 0 Å². The molecule has 0 fully saturated rings. The molecule has 0 saturated heterocycles.